The molecule has 0 fully saturated rings. The van der Waals surface area contributed by atoms with E-state index in [0.29, 0.717) is 26.4 Å². The fourth-order valence-electron chi connectivity index (χ4n) is 3.57. The van der Waals surface area contributed by atoms with Crippen LogP contribution in [0.4, 0.5) is 0 Å². The molecule has 0 amide bonds. The smallest absolute Gasteiger partial charge is 0.338 e. The van der Waals surface area contributed by atoms with Crippen LogP contribution in [0.3, 0.4) is 0 Å². The predicted molar refractivity (Wildman–Crippen MR) is 122 cm³/mol. The number of rotatable bonds is 5. The molecule has 1 unspecified atom stereocenters. The number of allylic oxidation sites excluding steroid dienone is 1. The van der Waals surface area contributed by atoms with Gasteiger partial charge < -0.3 is 9.47 Å². The molecule has 1 aliphatic rings. The molecule has 1 atom stereocenters. The molecule has 0 saturated carbocycles. The maximum atomic E-state index is 13.5. The van der Waals surface area contributed by atoms with Gasteiger partial charge in [0.05, 0.1) is 35.1 Å². The zero-order valence-corrected chi connectivity index (χ0v) is 19.1. The van der Waals surface area contributed by atoms with Crippen LogP contribution < -0.4 is 19.6 Å². The first-order chi connectivity index (χ1) is 15.4. The van der Waals surface area contributed by atoms with E-state index in [2.05, 4.69) is 9.98 Å². The lowest BCUT2D eigenvalue weighted by molar-refractivity contribution is -0.143. The Bertz CT molecular complexity index is 1350. The summed E-state index contributed by atoms with van der Waals surface area (Å²) in [5.41, 5.74) is 2.31. The number of hydrogen-bond acceptors (Lipinski definition) is 7. The zero-order valence-electron chi connectivity index (χ0n) is 18.2. The van der Waals surface area contributed by atoms with E-state index in [0.717, 1.165) is 11.1 Å². The number of fused-ring (bicyclic) bond motifs is 1. The normalized spacial score (nSPS) is 16.0. The Hall–Kier alpha value is -3.52. The Labute approximate surface area is 189 Å². The molecule has 2 aromatic heterocycles. The van der Waals surface area contributed by atoms with Crippen molar-refractivity contribution >= 4 is 23.4 Å². The molecule has 1 aromatic carbocycles. The highest BCUT2D eigenvalue weighted by atomic mass is 32.1. The Morgan fingerprint density at radius 2 is 1.84 bits per heavy atom. The number of aromatic nitrogens is 2. The van der Waals surface area contributed by atoms with Crippen molar-refractivity contribution in [2.45, 2.75) is 32.9 Å². The molecule has 0 spiro atoms. The molecule has 164 valence electrons. The second kappa shape index (κ2) is 8.92. The molecule has 3 heterocycles. The van der Waals surface area contributed by atoms with E-state index in [1.54, 1.807) is 44.8 Å². The van der Waals surface area contributed by atoms with Crippen LogP contribution in [-0.4, -0.2) is 28.7 Å². The standard InChI is InChI=1S/C24H23N3O4S/c1-14(2)31-23(29)20-15(3)26-24-27(21(20)17-5-7-18(30-4)8-6-17)22(28)19(32-24)13-16-9-11-25-12-10-16/h5-14,21H,1-4H3/b19-13-. The number of carbonyl (C=O) groups is 1. The molecule has 8 heteroatoms. The van der Waals surface area contributed by atoms with Gasteiger partial charge >= 0.3 is 5.97 Å². The molecule has 0 saturated heterocycles. The SMILES string of the molecule is COc1ccc(C2C(C(=O)OC(C)C)=C(C)N=c3s/c(=C\c4ccncc4)c(=O)n32)cc1. The summed E-state index contributed by atoms with van der Waals surface area (Å²) < 4.78 is 12.9. The molecule has 7 nitrogen and oxygen atoms in total. The van der Waals surface area contributed by atoms with Crippen molar-refractivity contribution in [3.05, 3.63) is 90.9 Å². The Balaban J connectivity index is 1.94. The van der Waals surface area contributed by atoms with Crippen LogP contribution in [0, 0.1) is 0 Å². The Kier molecular flexibility index (Phi) is 6.05. The van der Waals surface area contributed by atoms with Crippen molar-refractivity contribution in [1.82, 2.24) is 9.55 Å². The first kappa shape index (κ1) is 21.7. The lowest BCUT2D eigenvalue weighted by atomic mass is 9.96. The van der Waals surface area contributed by atoms with E-state index in [1.807, 2.05) is 42.5 Å². The third kappa shape index (κ3) is 4.13. The summed E-state index contributed by atoms with van der Waals surface area (Å²) in [5, 5.41) is 0. The van der Waals surface area contributed by atoms with Gasteiger partial charge in [0.15, 0.2) is 4.80 Å². The second-order valence-electron chi connectivity index (χ2n) is 7.59. The number of nitrogens with zero attached hydrogens (tertiary/aromatic N) is 3. The van der Waals surface area contributed by atoms with Gasteiger partial charge in [-0.25, -0.2) is 9.79 Å². The number of carbonyl (C=O) groups excluding carboxylic acids is 1. The van der Waals surface area contributed by atoms with E-state index in [9.17, 15) is 9.59 Å². The number of thiazole rings is 1. The average molecular weight is 450 g/mol. The van der Waals surface area contributed by atoms with Gasteiger partial charge in [0, 0.05) is 12.4 Å². The molecule has 0 N–H and O–H groups in total. The van der Waals surface area contributed by atoms with Crippen molar-refractivity contribution in [1.29, 1.82) is 0 Å². The van der Waals surface area contributed by atoms with E-state index in [-0.39, 0.29) is 11.7 Å². The van der Waals surface area contributed by atoms with Crippen molar-refractivity contribution < 1.29 is 14.3 Å². The molecule has 0 radical (unpaired) electrons. The lowest BCUT2D eigenvalue weighted by Crippen LogP contribution is -2.40. The van der Waals surface area contributed by atoms with Crippen molar-refractivity contribution in [2.75, 3.05) is 7.11 Å². The molecule has 0 bridgehead atoms. The molecule has 4 rings (SSSR count). The van der Waals surface area contributed by atoms with Crippen molar-refractivity contribution in [3.63, 3.8) is 0 Å². The number of ether oxygens (including phenoxy) is 2. The van der Waals surface area contributed by atoms with E-state index in [4.69, 9.17) is 9.47 Å². The van der Waals surface area contributed by atoms with Crippen LogP contribution in [0.5, 0.6) is 5.75 Å². The van der Waals surface area contributed by atoms with Crippen molar-refractivity contribution in [3.8, 4) is 5.75 Å². The average Bonchev–Trinajstić information content (AvgIpc) is 3.07. The minimum atomic E-state index is -0.650. The van der Waals surface area contributed by atoms with E-state index in [1.165, 1.54) is 11.3 Å². The molecule has 1 aliphatic heterocycles. The zero-order chi connectivity index (χ0) is 22.8. The molecular formula is C24H23N3O4S. The number of hydrogen-bond donors (Lipinski definition) is 0. The van der Waals surface area contributed by atoms with Crippen LogP contribution >= 0.6 is 11.3 Å². The maximum absolute atomic E-state index is 13.5. The number of pyridine rings is 1. The summed E-state index contributed by atoms with van der Waals surface area (Å²) in [6, 6.07) is 10.3. The first-order valence-corrected chi connectivity index (χ1v) is 11.0. The molecule has 3 aromatic rings. The van der Waals surface area contributed by atoms with Crippen LogP contribution in [0.15, 0.2) is 69.8 Å². The van der Waals surface area contributed by atoms with E-state index < -0.39 is 12.0 Å². The van der Waals surface area contributed by atoms with Crippen LogP contribution in [-0.2, 0) is 9.53 Å². The van der Waals surface area contributed by atoms with Crippen LogP contribution in [0.1, 0.15) is 37.9 Å². The fraction of sp³-hybridized carbons (Fsp3) is 0.250. The molecular weight excluding hydrogens is 426 g/mol. The largest absolute Gasteiger partial charge is 0.497 e. The fourth-order valence-corrected chi connectivity index (χ4v) is 4.62. The topological polar surface area (TPSA) is 82.8 Å². The number of benzene rings is 1. The molecule has 0 aliphatic carbocycles. The summed E-state index contributed by atoms with van der Waals surface area (Å²) >= 11 is 1.29. The Morgan fingerprint density at radius 3 is 2.47 bits per heavy atom. The summed E-state index contributed by atoms with van der Waals surface area (Å²) in [4.78, 5) is 35.7. The van der Waals surface area contributed by atoms with Crippen molar-refractivity contribution in [2.24, 2.45) is 4.99 Å². The van der Waals surface area contributed by atoms with Gasteiger partial charge in [-0.05, 0) is 62.2 Å². The van der Waals surface area contributed by atoms with Gasteiger partial charge in [-0.15, -0.1) is 0 Å². The summed E-state index contributed by atoms with van der Waals surface area (Å²) in [6.45, 7) is 5.35. The van der Waals surface area contributed by atoms with Gasteiger partial charge in [-0.3, -0.25) is 14.3 Å². The first-order valence-electron chi connectivity index (χ1n) is 10.2. The van der Waals surface area contributed by atoms with Gasteiger partial charge in [0.2, 0.25) is 0 Å². The number of esters is 1. The molecule has 32 heavy (non-hydrogen) atoms. The highest BCUT2D eigenvalue weighted by Gasteiger charge is 2.33. The van der Waals surface area contributed by atoms with Gasteiger partial charge in [-0.2, -0.15) is 0 Å². The third-order valence-electron chi connectivity index (χ3n) is 5.02. The minimum Gasteiger partial charge on any atom is -0.497 e. The maximum Gasteiger partial charge on any atom is 0.338 e. The van der Waals surface area contributed by atoms with Crippen LogP contribution in [0.25, 0.3) is 6.08 Å². The van der Waals surface area contributed by atoms with Gasteiger partial charge in [-0.1, -0.05) is 23.5 Å². The number of methoxy groups -OCH3 is 1. The Morgan fingerprint density at radius 1 is 1.16 bits per heavy atom. The predicted octanol–water partition coefficient (Wildman–Crippen LogP) is 2.59. The van der Waals surface area contributed by atoms with E-state index >= 15 is 0 Å². The third-order valence-corrected chi connectivity index (χ3v) is 6.00. The second-order valence-corrected chi connectivity index (χ2v) is 8.60. The highest BCUT2D eigenvalue weighted by Crippen LogP contribution is 2.31. The summed E-state index contributed by atoms with van der Waals surface area (Å²) in [6.07, 6.45) is 4.86. The summed E-state index contributed by atoms with van der Waals surface area (Å²) in [7, 11) is 1.59. The highest BCUT2D eigenvalue weighted by molar-refractivity contribution is 7.07. The lowest BCUT2D eigenvalue weighted by Gasteiger charge is -2.25. The van der Waals surface area contributed by atoms with Gasteiger partial charge in [0.25, 0.3) is 5.56 Å². The monoisotopic (exact) mass is 449 g/mol. The van der Waals surface area contributed by atoms with Crippen LogP contribution in [0.2, 0.25) is 0 Å². The van der Waals surface area contributed by atoms with Gasteiger partial charge in [0.1, 0.15) is 5.75 Å². The summed E-state index contributed by atoms with van der Waals surface area (Å²) in [5.74, 6) is 0.205. The minimum absolute atomic E-state index is 0.214. The quantitative estimate of drug-likeness (QED) is 0.559.